The Morgan fingerprint density at radius 3 is 2.76 bits per heavy atom. The number of aryl methyl sites for hydroxylation is 1. The van der Waals surface area contributed by atoms with Gasteiger partial charge in [0.1, 0.15) is 11.4 Å². The molecule has 2 heterocycles. The van der Waals surface area contributed by atoms with Gasteiger partial charge in [-0.05, 0) is 31.5 Å². The number of amides is 1. The molecule has 0 bridgehead atoms. The van der Waals surface area contributed by atoms with E-state index in [9.17, 15) is 14.4 Å². The second-order valence-corrected chi connectivity index (χ2v) is 6.73. The topological polar surface area (TPSA) is 81.1 Å². The molecule has 1 N–H and O–H groups in total. The molecule has 0 unspecified atom stereocenters. The van der Waals surface area contributed by atoms with E-state index in [-0.39, 0.29) is 23.8 Å². The summed E-state index contributed by atoms with van der Waals surface area (Å²) in [6, 6.07) is 8.60. The Balaban J connectivity index is 1.84. The number of fused-ring (bicyclic) bond motifs is 1. The molecule has 1 amide bonds. The summed E-state index contributed by atoms with van der Waals surface area (Å²) < 4.78 is 1.28. The molecule has 0 fully saturated rings. The molecule has 0 saturated carbocycles. The van der Waals surface area contributed by atoms with Gasteiger partial charge in [0.25, 0.3) is 5.56 Å². The minimum Gasteiger partial charge on any atom is -0.324 e. The van der Waals surface area contributed by atoms with Crippen LogP contribution in [0.15, 0.2) is 41.5 Å². The number of ketones is 1. The van der Waals surface area contributed by atoms with Crippen molar-refractivity contribution in [2.45, 2.75) is 26.8 Å². The van der Waals surface area contributed by atoms with Crippen molar-refractivity contribution < 1.29 is 9.59 Å². The van der Waals surface area contributed by atoms with Crippen molar-refractivity contribution in [2.75, 3.05) is 5.32 Å². The molecule has 3 aromatic rings. The van der Waals surface area contributed by atoms with Gasteiger partial charge < -0.3 is 5.32 Å². The minimum atomic E-state index is -0.386. The Morgan fingerprint density at radius 1 is 1.28 bits per heavy atom. The van der Waals surface area contributed by atoms with E-state index in [1.54, 1.807) is 24.3 Å². The van der Waals surface area contributed by atoms with Gasteiger partial charge in [0.05, 0.1) is 17.4 Å². The van der Waals surface area contributed by atoms with Crippen LogP contribution in [0.4, 0.5) is 5.69 Å². The summed E-state index contributed by atoms with van der Waals surface area (Å²) in [7, 11) is 0. The molecular formula is C18H17N3O3S. The molecule has 0 aliphatic carbocycles. The summed E-state index contributed by atoms with van der Waals surface area (Å²) in [6.45, 7) is 3.30. The monoisotopic (exact) mass is 355 g/mol. The van der Waals surface area contributed by atoms with Crippen molar-refractivity contribution in [1.82, 2.24) is 9.55 Å². The first kappa shape index (κ1) is 17.0. The lowest BCUT2D eigenvalue weighted by atomic mass is 10.1. The maximum absolute atomic E-state index is 12.5. The number of nitrogens with one attached hydrogen (secondary N) is 1. The Hall–Kier alpha value is -2.80. The number of anilines is 1. The molecule has 6 nitrogen and oxygen atoms in total. The SMILES string of the molecule is CCc1cc2c(=O)n(CC(=O)Nc3ccccc3C(C)=O)cnc2s1. The number of benzene rings is 1. The number of para-hydroxylation sites is 1. The highest BCUT2D eigenvalue weighted by Crippen LogP contribution is 2.21. The van der Waals surface area contributed by atoms with Crippen LogP contribution in [0.25, 0.3) is 10.2 Å². The van der Waals surface area contributed by atoms with Crippen LogP contribution >= 0.6 is 11.3 Å². The molecule has 0 saturated heterocycles. The first-order valence-electron chi connectivity index (χ1n) is 7.87. The van der Waals surface area contributed by atoms with Crippen LogP contribution in [0.3, 0.4) is 0 Å². The van der Waals surface area contributed by atoms with Crippen molar-refractivity contribution in [1.29, 1.82) is 0 Å². The summed E-state index contributed by atoms with van der Waals surface area (Å²) >= 11 is 1.48. The van der Waals surface area contributed by atoms with Crippen LogP contribution in [0.5, 0.6) is 0 Å². The maximum Gasteiger partial charge on any atom is 0.262 e. The fourth-order valence-electron chi connectivity index (χ4n) is 2.54. The Bertz CT molecular complexity index is 1020. The van der Waals surface area contributed by atoms with Crippen molar-refractivity contribution in [2.24, 2.45) is 0 Å². The van der Waals surface area contributed by atoms with Crippen molar-refractivity contribution in [3.05, 3.63) is 57.5 Å². The molecular weight excluding hydrogens is 338 g/mol. The third-order valence-electron chi connectivity index (χ3n) is 3.81. The number of hydrogen-bond donors (Lipinski definition) is 1. The third kappa shape index (κ3) is 3.51. The molecule has 128 valence electrons. The van der Waals surface area contributed by atoms with Gasteiger partial charge in [0.15, 0.2) is 5.78 Å². The third-order valence-corrected chi connectivity index (χ3v) is 5.00. The Morgan fingerprint density at radius 2 is 2.04 bits per heavy atom. The lowest BCUT2D eigenvalue weighted by Gasteiger charge is -2.10. The number of carbonyl (C=O) groups is 2. The van der Waals surface area contributed by atoms with Gasteiger partial charge in [0.2, 0.25) is 5.91 Å². The van der Waals surface area contributed by atoms with Gasteiger partial charge >= 0.3 is 0 Å². The number of nitrogens with zero attached hydrogens (tertiary/aromatic N) is 2. The summed E-state index contributed by atoms with van der Waals surface area (Å²) in [5.41, 5.74) is 0.629. The average molecular weight is 355 g/mol. The molecule has 1 aromatic carbocycles. The zero-order valence-corrected chi connectivity index (χ0v) is 14.7. The van der Waals surface area contributed by atoms with Gasteiger partial charge in [0, 0.05) is 10.4 Å². The smallest absolute Gasteiger partial charge is 0.262 e. The van der Waals surface area contributed by atoms with E-state index in [0.29, 0.717) is 21.5 Å². The predicted octanol–water partition coefficient (Wildman–Crippen LogP) is 2.86. The van der Waals surface area contributed by atoms with Crippen molar-refractivity contribution >= 4 is 38.9 Å². The maximum atomic E-state index is 12.5. The minimum absolute atomic E-state index is 0.137. The second-order valence-electron chi connectivity index (χ2n) is 5.61. The standard InChI is InChI=1S/C18H17N3O3S/c1-3-12-8-14-17(25-12)19-10-21(18(14)24)9-16(23)20-15-7-5-4-6-13(15)11(2)22/h4-8,10H,3,9H2,1-2H3,(H,20,23). The van der Waals surface area contributed by atoms with Crippen molar-refractivity contribution in [3.8, 4) is 0 Å². The van der Waals surface area contributed by atoms with E-state index >= 15 is 0 Å². The highest BCUT2D eigenvalue weighted by atomic mass is 32.1. The van der Waals surface area contributed by atoms with Crippen LogP contribution in [0.1, 0.15) is 29.1 Å². The van der Waals surface area contributed by atoms with E-state index < -0.39 is 0 Å². The van der Waals surface area contributed by atoms with E-state index in [0.717, 1.165) is 11.3 Å². The van der Waals surface area contributed by atoms with Crippen molar-refractivity contribution in [3.63, 3.8) is 0 Å². The normalized spacial score (nSPS) is 10.8. The average Bonchev–Trinajstić information content (AvgIpc) is 3.02. The number of hydrogen-bond acceptors (Lipinski definition) is 5. The predicted molar refractivity (Wildman–Crippen MR) is 98.3 cm³/mol. The van der Waals surface area contributed by atoms with Crippen LogP contribution < -0.4 is 10.9 Å². The van der Waals surface area contributed by atoms with Crippen LogP contribution in [-0.2, 0) is 17.8 Å². The number of Topliss-reactive ketones (excluding diaryl/α,β-unsaturated/α-hetero) is 1. The lowest BCUT2D eigenvalue weighted by molar-refractivity contribution is -0.116. The summed E-state index contributed by atoms with van der Waals surface area (Å²) in [4.78, 5) is 42.5. The molecule has 0 atom stereocenters. The van der Waals surface area contributed by atoms with Gasteiger partial charge in [-0.1, -0.05) is 19.1 Å². The Kier molecular flexibility index (Phi) is 4.76. The molecule has 25 heavy (non-hydrogen) atoms. The highest BCUT2D eigenvalue weighted by Gasteiger charge is 2.13. The number of aromatic nitrogens is 2. The van der Waals surface area contributed by atoms with Crippen LogP contribution in [-0.4, -0.2) is 21.2 Å². The quantitative estimate of drug-likeness (QED) is 0.714. The Labute approximate surface area is 148 Å². The summed E-state index contributed by atoms with van der Waals surface area (Å²) in [5, 5.41) is 3.22. The second kappa shape index (κ2) is 6.98. The van der Waals surface area contributed by atoms with E-state index in [2.05, 4.69) is 10.3 Å². The largest absolute Gasteiger partial charge is 0.324 e. The number of thiophene rings is 1. The van der Waals surface area contributed by atoms with Gasteiger partial charge in [-0.25, -0.2) is 4.98 Å². The number of carbonyl (C=O) groups excluding carboxylic acids is 2. The molecule has 0 radical (unpaired) electrons. The zero-order chi connectivity index (χ0) is 18.0. The van der Waals surface area contributed by atoms with Crippen LogP contribution in [0, 0.1) is 0 Å². The zero-order valence-electron chi connectivity index (χ0n) is 13.9. The molecule has 7 heteroatoms. The molecule has 3 rings (SSSR count). The molecule has 0 aliphatic rings. The highest BCUT2D eigenvalue weighted by molar-refractivity contribution is 7.18. The van der Waals surface area contributed by atoms with Crippen LogP contribution in [0.2, 0.25) is 0 Å². The van der Waals surface area contributed by atoms with Gasteiger partial charge in [-0.15, -0.1) is 11.3 Å². The summed E-state index contributed by atoms with van der Waals surface area (Å²) in [5.74, 6) is -0.524. The van der Waals surface area contributed by atoms with E-state index in [4.69, 9.17) is 0 Å². The lowest BCUT2D eigenvalue weighted by Crippen LogP contribution is -2.28. The van der Waals surface area contributed by atoms with Gasteiger partial charge in [-0.3, -0.25) is 19.0 Å². The van der Waals surface area contributed by atoms with E-state index in [1.165, 1.54) is 29.2 Å². The fourth-order valence-corrected chi connectivity index (χ4v) is 3.47. The first-order valence-corrected chi connectivity index (χ1v) is 8.69. The van der Waals surface area contributed by atoms with E-state index in [1.807, 2.05) is 13.0 Å². The number of rotatable bonds is 5. The molecule has 2 aromatic heterocycles. The first-order chi connectivity index (χ1) is 12.0. The fraction of sp³-hybridized carbons (Fsp3) is 0.222. The summed E-state index contributed by atoms with van der Waals surface area (Å²) in [6.07, 6.45) is 2.22. The molecule has 0 aliphatic heterocycles. The molecule has 0 spiro atoms. The van der Waals surface area contributed by atoms with Gasteiger partial charge in [-0.2, -0.15) is 0 Å².